The summed E-state index contributed by atoms with van der Waals surface area (Å²) < 4.78 is 63.5. The van der Waals surface area contributed by atoms with E-state index >= 15 is 4.39 Å². The van der Waals surface area contributed by atoms with Crippen molar-refractivity contribution in [3.63, 3.8) is 0 Å². The second-order valence-electron chi connectivity index (χ2n) is 7.19. The van der Waals surface area contributed by atoms with Crippen LogP contribution in [0.25, 0.3) is 22.4 Å². The number of carbonyl (C=O) groups is 1. The van der Waals surface area contributed by atoms with E-state index in [0.29, 0.717) is 22.4 Å². The molecule has 3 aromatic heterocycles. The zero-order valence-electron chi connectivity index (χ0n) is 17.1. The van der Waals surface area contributed by atoms with Gasteiger partial charge in [0.2, 0.25) is 5.78 Å². The maximum atomic E-state index is 15.3. The molecule has 34 heavy (non-hydrogen) atoms. The number of halogens is 3. The maximum absolute atomic E-state index is 15.3. The van der Waals surface area contributed by atoms with Crippen molar-refractivity contribution in [2.75, 3.05) is 4.72 Å². The monoisotopic (exact) mass is 483 g/mol. The SMILES string of the molecule is O=C(c1c(F)ccc(N[SH+](=O)c2cccc(F)c2)c1F)c1c[nH]c2ncc(-c3cnco3)cc12. The number of anilines is 1. The van der Waals surface area contributed by atoms with Gasteiger partial charge in [-0.25, -0.2) is 27.9 Å². The van der Waals surface area contributed by atoms with Crippen molar-refractivity contribution in [3.05, 3.63) is 96.0 Å². The summed E-state index contributed by atoms with van der Waals surface area (Å²) in [5.41, 5.74) is -0.375. The van der Waals surface area contributed by atoms with Crippen LogP contribution in [0.3, 0.4) is 0 Å². The lowest BCUT2D eigenvalue weighted by molar-refractivity contribution is 0.103. The van der Waals surface area contributed by atoms with Crippen LogP contribution in [0.15, 0.2) is 76.8 Å². The quantitative estimate of drug-likeness (QED) is 0.202. The molecule has 11 heteroatoms. The molecule has 0 aliphatic rings. The molecule has 2 N–H and O–H groups in total. The van der Waals surface area contributed by atoms with Gasteiger partial charge in [-0.1, -0.05) is 10.3 Å². The van der Waals surface area contributed by atoms with Crippen LogP contribution in [0.5, 0.6) is 0 Å². The Kier molecular flexibility index (Phi) is 5.46. The molecular weight excluding hydrogens is 469 g/mol. The zero-order valence-corrected chi connectivity index (χ0v) is 17.9. The number of nitrogens with zero attached hydrogens (tertiary/aromatic N) is 2. The van der Waals surface area contributed by atoms with E-state index in [-0.39, 0.29) is 16.1 Å². The highest BCUT2D eigenvalue weighted by Crippen LogP contribution is 2.29. The molecule has 1 unspecified atom stereocenters. The molecule has 3 heterocycles. The Hall–Kier alpha value is -4.25. The summed E-state index contributed by atoms with van der Waals surface area (Å²) in [7, 11) is -2.47. The lowest BCUT2D eigenvalue weighted by Crippen LogP contribution is -2.12. The molecule has 0 saturated carbocycles. The summed E-state index contributed by atoms with van der Waals surface area (Å²) >= 11 is 0. The molecule has 0 fully saturated rings. The Morgan fingerprint density at radius 3 is 2.71 bits per heavy atom. The summed E-state index contributed by atoms with van der Waals surface area (Å²) in [4.78, 5) is 24.1. The molecule has 0 bridgehead atoms. The van der Waals surface area contributed by atoms with Gasteiger partial charge in [-0.2, -0.15) is 0 Å². The number of hydrogen-bond acceptors (Lipinski definition) is 5. The molecule has 0 amide bonds. The van der Waals surface area contributed by atoms with Crippen molar-refractivity contribution in [2.45, 2.75) is 4.90 Å². The lowest BCUT2D eigenvalue weighted by Gasteiger charge is -2.08. The average Bonchev–Trinajstić information content (AvgIpc) is 3.50. The fraction of sp³-hybridized carbons (Fsp3) is 0. The second-order valence-corrected chi connectivity index (χ2v) is 8.52. The van der Waals surface area contributed by atoms with E-state index in [9.17, 15) is 17.8 Å². The van der Waals surface area contributed by atoms with E-state index in [1.165, 1.54) is 43.2 Å². The molecule has 0 saturated heterocycles. The summed E-state index contributed by atoms with van der Waals surface area (Å²) in [5.74, 6) is -3.47. The summed E-state index contributed by atoms with van der Waals surface area (Å²) in [5, 5.41) is 0.321. The van der Waals surface area contributed by atoms with Crippen LogP contribution in [-0.2, 0) is 15.2 Å². The van der Waals surface area contributed by atoms with Crippen LogP contribution in [0.1, 0.15) is 15.9 Å². The van der Waals surface area contributed by atoms with Crippen LogP contribution in [0.4, 0.5) is 18.9 Å². The van der Waals surface area contributed by atoms with Crippen LogP contribution in [-0.4, -0.2) is 20.7 Å². The third kappa shape index (κ3) is 3.86. The summed E-state index contributed by atoms with van der Waals surface area (Å²) in [6.45, 7) is 0. The minimum Gasteiger partial charge on any atom is -0.443 e. The van der Waals surface area contributed by atoms with Crippen LogP contribution in [0, 0.1) is 17.5 Å². The number of benzene rings is 2. The van der Waals surface area contributed by atoms with Crippen molar-refractivity contribution in [1.29, 1.82) is 0 Å². The third-order valence-corrected chi connectivity index (χ3v) is 6.27. The van der Waals surface area contributed by atoms with E-state index < -0.39 is 39.8 Å². The van der Waals surface area contributed by atoms with Gasteiger partial charge in [0.05, 0.1) is 11.8 Å². The van der Waals surface area contributed by atoms with Gasteiger partial charge in [0, 0.05) is 35.0 Å². The largest absolute Gasteiger partial charge is 0.443 e. The van der Waals surface area contributed by atoms with Gasteiger partial charge in [-0.05, 0) is 30.3 Å². The predicted octanol–water partition coefficient (Wildman–Crippen LogP) is 4.95. The molecule has 0 spiro atoms. The molecule has 5 rings (SSSR count). The highest BCUT2D eigenvalue weighted by molar-refractivity contribution is 7.86. The van der Waals surface area contributed by atoms with E-state index in [4.69, 9.17) is 4.42 Å². The predicted molar refractivity (Wildman–Crippen MR) is 119 cm³/mol. The normalized spacial score (nSPS) is 12.1. The topological polar surface area (TPSA) is 101 Å². The number of carbonyl (C=O) groups excluding carboxylic acids is 1. The first kappa shape index (κ1) is 21.6. The Bertz CT molecular complexity index is 1570. The number of fused-ring (bicyclic) bond motifs is 1. The van der Waals surface area contributed by atoms with Gasteiger partial charge >= 0.3 is 0 Å². The lowest BCUT2D eigenvalue weighted by atomic mass is 10.0. The molecule has 170 valence electrons. The number of H-pyrrole nitrogens is 1. The van der Waals surface area contributed by atoms with Gasteiger partial charge in [0.15, 0.2) is 33.9 Å². The van der Waals surface area contributed by atoms with Crippen molar-refractivity contribution in [1.82, 2.24) is 15.0 Å². The van der Waals surface area contributed by atoms with Gasteiger partial charge in [0.1, 0.15) is 23.0 Å². The van der Waals surface area contributed by atoms with E-state index in [1.54, 1.807) is 6.07 Å². The molecule has 0 aliphatic heterocycles. The summed E-state index contributed by atoms with van der Waals surface area (Å²) in [6, 6.07) is 8.45. The van der Waals surface area contributed by atoms with Gasteiger partial charge in [-0.3, -0.25) is 4.79 Å². The van der Waals surface area contributed by atoms with Gasteiger partial charge in [0.25, 0.3) is 0 Å². The minimum atomic E-state index is -2.47. The Labute approximate surface area is 192 Å². The minimum absolute atomic E-state index is 0.0201. The average molecular weight is 483 g/mol. The first-order valence-corrected chi connectivity index (χ1v) is 11.1. The van der Waals surface area contributed by atoms with E-state index in [2.05, 4.69) is 19.7 Å². The fourth-order valence-electron chi connectivity index (χ4n) is 3.44. The smallest absolute Gasteiger partial charge is 0.201 e. The highest BCUT2D eigenvalue weighted by atomic mass is 32.2. The van der Waals surface area contributed by atoms with Crippen LogP contribution >= 0.6 is 0 Å². The highest BCUT2D eigenvalue weighted by Gasteiger charge is 2.26. The van der Waals surface area contributed by atoms with Crippen molar-refractivity contribution in [3.8, 4) is 11.3 Å². The molecule has 0 radical (unpaired) electrons. The van der Waals surface area contributed by atoms with Crippen LogP contribution < -0.4 is 4.72 Å². The second kappa shape index (κ2) is 8.60. The summed E-state index contributed by atoms with van der Waals surface area (Å²) in [6.07, 6.45) is 5.50. The number of rotatable bonds is 6. The molecule has 2 aromatic carbocycles. The number of pyridine rings is 1. The third-order valence-electron chi connectivity index (χ3n) is 5.08. The molecule has 0 aliphatic carbocycles. The molecular formula is C23H14F3N4O3S+. The number of ketones is 1. The van der Waals surface area contributed by atoms with Crippen LogP contribution in [0.2, 0.25) is 0 Å². The number of hydrogen-bond donors (Lipinski definition) is 2. The van der Waals surface area contributed by atoms with Gasteiger partial charge in [-0.15, -0.1) is 0 Å². The molecule has 7 nitrogen and oxygen atoms in total. The van der Waals surface area contributed by atoms with Crippen molar-refractivity contribution >= 4 is 33.5 Å². The maximum Gasteiger partial charge on any atom is 0.201 e. The Morgan fingerprint density at radius 1 is 1.09 bits per heavy atom. The number of thiol groups is 1. The number of aromatic amines is 1. The first-order chi connectivity index (χ1) is 16.4. The van der Waals surface area contributed by atoms with E-state index in [0.717, 1.165) is 18.2 Å². The van der Waals surface area contributed by atoms with Gasteiger partial charge < -0.3 is 9.40 Å². The molecule has 1 atom stereocenters. The zero-order chi connectivity index (χ0) is 23.8. The Balaban J connectivity index is 1.53. The number of nitrogens with one attached hydrogen (secondary N) is 2. The number of oxazole rings is 1. The molecule has 5 aromatic rings. The van der Waals surface area contributed by atoms with Crippen molar-refractivity contribution < 1.29 is 26.6 Å². The standard InChI is InChI=1S/C23H13F3N4O3S/c24-13-2-1-3-14(7-13)34(32)30-18-5-4-17(25)20(21(18)26)22(31)16-9-29-23-15(16)6-12(8-28-23)19-10-27-11-33-19/h1-11H,(H,28,29)(H,30,32)/p+1. The van der Waals surface area contributed by atoms with Crippen molar-refractivity contribution in [2.24, 2.45) is 0 Å². The Morgan fingerprint density at radius 2 is 1.94 bits per heavy atom. The fourth-order valence-corrected chi connectivity index (χ4v) is 4.43. The first-order valence-electron chi connectivity index (χ1n) is 9.80. The number of aromatic nitrogens is 3. The van der Waals surface area contributed by atoms with E-state index in [1.807, 2.05) is 0 Å².